The lowest BCUT2D eigenvalue weighted by Crippen LogP contribution is -1.97. The summed E-state index contributed by atoms with van der Waals surface area (Å²) in [5.74, 6) is 0. The van der Waals surface area contributed by atoms with Gasteiger partial charge >= 0.3 is 0 Å². The van der Waals surface area contributed by atoms with Crippen LogP contribution in [0.25, 0.3) is 27.6 Å². The van der Waals surface area contributed by atoms with E-state index < -0.39 is 0 Å². The normalized spacial score (nSPS) is 10.7. The first kappa shape index (κ1) is 12.4. The van der Waals surface area contributed by atoms with Crippen molar-refractivity contribution < 1.29 is 0 Å². The quantitative estimate of drug-likeness (QED) is 0.736. The Balaban J connectivity index is 2.31. The van der Waals surface area contributed by atoms with Crippen molar-refractivity contribution in [3.8, 4) is 11.3 Å². The molecular formula is C18H16N2. The van der Waals surface area contributed by atoms with Gasteiger partial charge in [-0.2, -0.15) is 0 Å². The number of allylic oxidation sites excluding steroid dienone is 1. The number of nitrogens with two attached hydrogens (primary N) is 1. The molecule has 0 saturated heterocycles. The van der Waals surface area contributed by atoms with Crippen LogP contribution in [-0.2, 0) is 0 Å². The molecule has 2 aromatic carbocycles. The van der Waals surface area contributed by atoms with Gasteiger partial charge in [0, 0.05) is 22.5 Å². The Bertz CT molecular complexity index is 803. The first-order valence-electron chi connectivity index (χ1n) is 6.57. The number of pyridine rings is 1. The fourth-order valence-electron chi connectivity index (χ4n) is 2.46. The number of fused-ring (bicyclic) bond motifs is 1. The van der Waals surface area contributed by atoms with Gasteiger partial charge in [-0.15, -0.1) is 0 Å². The van der Waals surface area contributed by atoms with Gasteiger partial charge in [0.15, 0.2) is 0 Å². The third-order valence-corrected chi connectivity index (χ3v) is 3.48. The van der Waals surface area contributed by atoms with Gasteiger partial charge in [-0.25, -0.2) is 0 Å². The minimum absolute atomic E-state index is 0.719. The zero-order valence-electron chi connectivity index (χ0n) is 11.4. The van der Waals surface area contributed by atoms with E-state index >= 15 is 0 Å². The van der Waals surface area contributed by atoms with E-state index in [-0.39, 0.29) is 0 Å². The van der Waals surface area contributed by atoms with Crippen molar-refractivity contribution in [1.29, 1.82) is 0 Å². The largest absolute Gasteiger partial charge is 0.396 e. The molecule has 0 saturated carbocycles. The number of anilines is 1. The summed E-state index contributed by atoms with van der Waals surface area (Å²) in [6, 6.07) is 16.1. The average Bonchev–Trinajstić information content (AvgIpc) is 2.48. The maximum absolute atomic E-state index is 6.33. The smallest absolute Gasteiger partial charge is 0.0943 e. The third kappa shape index (κ3) is 1.95. The Kier molecular flexibility index (Phi) is 2.99. The number of rotatable bonds is 2. The summed E-state index contributed by atoms with van der Waals surface area (Å²) in [5.41, 5.74) is 11.0. The van der Waals surface area contributed by atoms with Crippen LogP contribution in [0.3, 0.4) is 0 Å². The predicted molar refractivity (Wildman–Crippen MR) is 86.3 cm³/mol. The van der Waals surface area contributed by atoms with Crippen molar-refractivity contribution in [2.24, 2.45) is 0 Å². The van der Waals surface area contributed by atoms with E-state index in [0.29, 0.717) is 0 Å². The highest BCUT2D eigenvalue weighted by Crippen LogP contribution is 2.34. The number of hydrogen-bond acceptors (Lipinski definition) is 2. The predicted octanol–water partition coefficient (Wildman–Crippen LogP) is 4.52. The van der Waals surface area contributed by atoms with Crippen molar-refractivity contribution in [2.45, 2.75) is 6.92 Å². The zero-order chi connectivity index (χ0) is 14.1. The highest BCUT2D eigenvalue weighted by atomic mass is 14.7. The lowest BCUT2D eigenvalue weighted by Gasteiger charge is -2.12. The molecule has 0 aliphatic carbocycles. The number of nitrogen functional groups attached to an aromatic ring is 1. The Morgan fingerprint density at radius 3 is 2.55 bits per heavy atom. The molecule has 2 N–H and O–H groups in total. The molecule has 1 aromatic heterocycles. The Morgan fingerprint density at radius 2 is 1.75 bits per heavy atom. The molecule has 3 aromatic rings. The molecule has 0 bridgehead atoms. The number of hydrogen-bond donors (Lipinski definition) is 1. The van der Waals surface area contributed by atoms with Crippen LogP contribution in [0.15, 0.2) is 61.3 Å². The van der Waals surface area contributed by atoms with E-state index in [4.69, 9.17) is 5.73 Å². The molecule has 2 heteroatoms. The minimum Gasteiger partial charge on any atom is -0.396 e. The van der Waals surface area contributed by atoms with E-state index in [1.165, 1.54) is 0 Å². The van der Waals surface area contributed by atoms with Gasteiger partial charge in [0.05, 0.1) is 11.4 Å². The van der Waals surface area contributed by atoms with E-state index in [9.17, 15) is 0 Å². The average molecular weight is 260 g/mol. The number of nitrogens with zero attached hydrogens (tertiary/aromatic N) is 1. The Labute approximate surface area is 118 Å². The number of aromatic nitrogens is 1. The van der Waals surface area contributed by atoms with Crippen molar-refractivity contribution in [1.82, 2.24) is 4.98 Å². The molecule has 98 valence electrons. The second kappa shape index (κ2) is 4.82. The highest BCUT2D eigenvalue weighted by Gasteiger charge is 2.11. The highest BCUT2D eigenvalue weighted by molar-refractivity contribution is 5.99. The summed E-state index contributed by atoms with van der Waals surface area (Å²) in [4.78, 5) is 4.55. The summed E-state index contributed by atoms with van der Waals surface area (Å²) < 4.78 is 0. The van der Waals surface area contributed by atoms with E-state index in [0.717, 1.165) is 38.9 Å². The van der Waals surface area contributed by atoms with Crippen LogP contribution in [0.5, 0.6) is 0 Å². The van der Waals surface area contributed by atoms with Gasteiger partial charge in [0.25, 0.3) is 0 Å². The number of benzene rings is 2. The third-order valence-electron chi connectivity index (χ3n) is 3.48. The van der Waals surface area contributed by atoms with Crippen LogP contribution in [-0.4, -0.2) is 4.98 Å². The van der Waals surface area contributed by atoms with E-state index in [2.05, 4.69) is 11.6 Å². The van der Waals surface area contributed by atoms with Crippen LogP contribution >= 0.6 is 0 Å². The maximum Gasteiger partial charge on any atom is 0.0943 e. The molecule has 0 spiro atoms. The lowest BCUT2D eigenvalue weighted by atomic mass is 9.97. The Hall–Kier alpha value is -2.61. The molecule has 0 aliphatic rings. The second-order valence-corrected chi connectivity index (χ2v) is 4.93. The molecule has 0 fully saturated rings. The molecular weight excluding hydrogens is 244 g/mol. The molecule has 3 rings (SSSR count). The van der Waals surface area contributed by atoms with Crippen molar-refractivity contribution in [3.63, 3.8) is 0 Å². The summed E-state index contributed by atoms with van der Waals surface area (Å²) in [7, 11) is 0. The lowest BCUT2D eigenvalue weighted by molar-refractivity contribution is 1.35. The monoisotopic (exact) mass is 260 g/mol. The minimum atomic E-state index is 0.719. The van der Waals surface area contributed by atoms with Crippen LogP contribution in [0.2, 0.25) is 0 Å². The molecule has 20 heavy (non-hydrogen) atoms. The Morgan fingerprint density at radius 1 is 1.05 bits per heavy atom. The van der Waals surface area contributed by atoms with Crippen LogP contribution in [0.1, 0.15) is 12.5 Å². The molecule has 0 atom stereocenters. The molecule has 0 radical (unpaired) electrons. The first-order chi connectivity index (χ1) is 9.68. The summed E-state index contributed by atoms with van der Waals surface area (Å²) in [6.07, 6.45) is 1.87. The fourth-order valence-corrected chi connectivity index (χ4v) is 2.46. The molecule has 0 unspecified atom stereocenters. The molecule has 0 amide bonds. The van der Waals surface area contributed by atoms with Crippen LogP contribution < -0.4 is 5.73 Å². The standard InChI is InChI=1S/C18H16N2/c1-12(2)14-8-5-6-10-16(14)18-17(19)15-9-4-3-7-13(15)11-20-18/h3-11H,1,19H2,2H3. The first-order valence-corrected chi connectivity index (χ1v) is 6.57. The van der Waals surface area contributed by atoms with Crippen LogP contribution in [0.4, 0.5) is 5.69 Å². The van der Waals surface area contributed by atoms with Crippen molar-refractivity contribution in [3.05, 3.63) is 66.9 Å². The molecule has 2 nitrogen and oxygen atoms in total. The van der Waals surface area contributed by atoms with E-state index in [1.807, 2.05) is 61.7 Å². The summed E-state index contributed by atoms with van der Waals surface area (Å²) in [6.45, 7) is 6.03. The topological polar surface area (TPSA) is 38.9 Å². The zero-order valence-corrected chi connectivity index (χ0v) is 11.4. The second-order valence-electron chi connectivity index (χ2n) is 4.93. The van der Waals surface area contributed by atoms with Crippen LogP contribution in [0, 0.1) is 0 Å². The van der Waals surface area contributed by atoms with Gasteiger partial charge in [0.1, 0.15) is 0 Å². The van der Waals surface area contributed by atoms with Crippen molar-refractivity contribution >= 4 is 22.0 Å². The fraction of sp³-hybridized carbons (Fsp3) is 0.0556. The summed E-state index contributed by atoms with van der Waals surface area (Å²) >= 11 is 0. The van der Waals surface area contributed by atoms with E-state index in [1.54, 1.807) is 0 Å². The molecule has 1 heterocycles. The maximum atomic E-state index is 6.33. The van der Waals surface area contributed by atoms with Crippen molar-refractivity contribution in [2.75, 3.05) is 5.73 Å². The van der Waals surface area contributed by atoms with Gasteiger partial charge in [-0.3, -0.25) is 4.98 Å². The summed E-state index contributed by atoms with van der Waals surface area (Å²) in [5, 5.41) is 2.09. The van der Waals surface area contributed by atoms with Gasteiger partial charge in [0.2, 0.25) is 0 Å². The van der Waals surface area contributed by atoms with Gasteiger partial charge in [-0.05, 0) is 12.5 Å². The molecule has 0 aliphatic heterocycles. The van der Waals surface area contributed by atoms with Gasteiger partial charge in [-0.1, -0.05) is 60.7 Å². The SMILES string of the molecule is C=C(C)c1ccccc1-c1ncc2ccccc2c1N. The van der Waals surface area contributed by atoms with Gasteiger partial charge < -0.3 is 5.73 Å².